The van der Waals surface area contributed by atoms with Crippen molar-refractivity contribution in [2.24, 2.45) is 0 Å². The van der Waals surface area contributed by atoms with Crippen LogP contribution in [-0.4, -0.2) is 88.6 Å². The number of alkyl halides is 9. The summed E-state index contributed by atoms with van der Waals surface area (Å²) in [5, 5.41) is 46.4. The Morgan fingerprint density at radius 2 is 0.667 bits per heavy atom. The van der Waals surface area contributed by atoms with Gasteiger partial charge in [-0.2, -0.15) is 80.6 Å². The second-order valence-corrected chi connectivity index (χ2v) is 29.5. The summed E-state index contributed by atoms with van der Waals surface area (Å²) < 4.78 is 201. The number of nitrogens with zero attached hydrogens (tertiary/aromatic N) is 5. The summed E-state index contributed by atoms with van der Waals surface area (Å²) in [5.41, 5.74) is -10.2. The summed E-state index contributed by atoms with van der Waals surface area (Å²) in [6, 6.07) is 54.8. The minimum Gasteiger partial charge on any atom is -0.508 e. The van der Waals surface area contributed by atoms with Crippen molar-refractivity contribution in [2.75, 3.05) is 0 Å². The lowest BCUT2D eigenvalue weighted by Crippen LogP contribution is -2.41. The van der Waals surface area contributed by atoms with Crippen LogP contribution < -0.4 is 15.1 Å². The van der Waals surface area contributed by atoms with Crippen LogP contribution >= 0.6 is 15.9 Å². The lowest BCUT2D eigenvalue weighted by Gasteiger charge is -2.32. The molecule has 10 rings (SSSR count). The molecule has 2 aliphatic heterocycles. The molecule has 0 atom stereocenters. The van der Waals surface area contributed by atoms with Crippen LogP contribution in [0.3, 0.4) is 0 Å². The molecule has 0 aromatic heterocycles. The highest BCUT2D eigenvalue weighted by Crippen LogP contribution is 2.41. The van der Waals surface area contributed by atoms with Crippen molar-refractivity contribution in [1.82, 2.24) is 0 Å². The van der Waals surface area contributed by atoms with E-state index in [0.717, 1.165) is 37.7 Å². The van der Waals surface area contributed by atoms with Gasteiger partial charge in [0.1, 0.15) is 17.2 Å². The number of phenolic OH excluding ortho intramolecular Hbond substituents is 2. The minimum atomic E-state index is -6.85. The molecule has 0 saturated carbocycles. The Bertz CT molecular complexity index is 4670. The van der Waals surface area contributed by atoms with E-state index in [1.54, 1.807) is 91.0 Å². The minimum absolute atomic E-state index is 0. The van der Waals surface area contributed by atoms with E-state index >= 15 is 0 Å². The van der Waals surface area contributed by atoms with Crippen molar-refractivity contribution >= 4 is 82.8 Å². The lowest BCUT2D eigenvalue weighted by molar-refractivity contribution is -0.0586. The molecular weight excluding hydrogens is 1520 g/mol. The van der Waals surface area contributed by atoms with Gasteiger partial charge >= 0.3 is 61.1 Å². The number of aromatic hydroxyl groups is 2. The summed E-state index contributed by atoms with van der Waals surface area (Å²) in [5.74, 6) is -0.202. The second-order valence-electron chi connectivity index (χ2n) is 23.7. The molecule has 2 fully saturated rings. The highest BCUT2D eigenvalue weighted by molar-refractivity contribution is 9.10. The van der Waals surface area contributed by atoms with E-state index in [1.165, 1.54) is 36.4 Å². The Labute approximate surface area is 613 Å². The van der Waals surface area contributed by atoms with Crippen molar-refractivity contribution in [3.05, 3.63) is 220 Å². The zero-order valence-electron chi connectivity index (χ0n) is 54.4. The topological polar surface area (TPSA) is 278 Å². The SMILES string of the molecule is C.C.C.CC1(C)OB(c2cc(O)cc(B3OC(C)(C)C(C)(C)O3)c2)OC1(C)C.N#Cc1ccc(Br)cc1.O=S(=O)(OS(=O)(=O)C(F)(F)F)C(F)(F)F.[C-]#[N+]c1ccc(-c2cc(O)cc(-c3ccc(C#N)cc3)c2)cc1.[C-]#[N+]c1ccc(-c2cc(OS(=O)(=O)C(F)(F)F)cc(-c3ccc(C#N)cc3)c2)cc1. The van der Waals surface area contributed by atoms with Crippen molar-refractivity contribution in [3.8, 4) is 80.0 Å². The van der Waals surface area contributed by atoms with Gasteiger partial charge in [-0.15, -0.1) is 3.63 Å². The van der Waals surface area contributed by atoms with Crippen LogP contribution in [0.5, 0.6) is 17.2 Å². The fraction of sp³-hybridized carbons (Fsp3) is 0.254. The second kappa shape index (κ2) is 34.9. The maximum Gasteiger partial charge on any atom is 0.534 e. The third-order valence-electron chi connectivity index (χ3n) is 15.4. The molecule has 105 heavy (non-hydrogen) atoms. The van der Waals surface area contributed by atoms with Gasteiger partial charge in [-0.25, -0.2) is 9.69 Å². The summed E-state index contributed by atoms with van der Waals surface area (Å²) in [7, 11) is -20.6. The van der Waals surface area contributed by atoms with E-state index in [1.807, 2.05) is 120 Å². The Hall–Kier alpha value is -9.76. The van der Waals surface area contributed by atoms with Crippen LogP contribution in [0.1, 0.15) is 94.4 Å². The van der Waals surface area contributed by atoms with E-state index in [-0.39, 0.29) is 33.8 Å². The first kappa shape index (κ1) is 89.5. The zero-order chi connectivity index (χ0) is 76.4. The Balaban J connectivity index is 0.000000353. The third kappa shape index (κ3) is 23.1. The largest absolute Gasteiger partial charge is 0.534 e. The van der Waals surface area contributed by atoms with E-state index in [0.29, 0.717) is 50.3 Å². The number of hydrogen-bond acceptors (Lipinski definition) is 17. The smallest absolute Gasteiger partial charge is 0.508 e. The monoisotopic (exact) mass is 1580 g/mol. The lowest BCUT2D eigenvalue weighted by atomic mass is 9.71. The molecule has 8 aromatic carbocycles. The van der Waals surface area contributed by atoms with Gasteiger partial charge in [-0.05, 0) is 208 Å². The van der Waals surface area contributed by atoms with Gasteiger partial charge in [-0.1, -0.05) is 117 Å². The summed E-state index contributed by atoms with van der Waals surface area (Å²) in [6.45, 7) is 30.0. The molecule has 0 amide bonds. The van der Waals surface area contributed by atoms with E-state index in [2.05, 4.69) is 35.9 Å². The molecule has 0 bridgehead atoms. The first-order valence-corrected chi connectivity index (χ1v) is 34.1. The van der Waals surface area contributed by atoms with Gasteiger partial charge in [0.25, 0.3) is 0 Å². The number of rotatable bonds is 10. The zero-order valence-corrected chi connectivity index (χ0v) is 58.5. The van der Waals surface area contributed by atoms with E-state index in [9.17, 15) is 75.0 Å². The van der Waals surface area contributed by atoms with Crippen LogP contribution in [0.15, 0.2) is 180 Å². The molecule has 0 unspecified atom stereocenters. The van der Waals surface area contributed by atoms with Gasteiger partial charge in [0, 0.05) is 4.47 Å². The van der Waals surface area contributed by atoms with Crippen LogP contribution in [0.2, 0.25) is 0 Å². The number of phenols is 2. The average molecular weight is 1580 g/mol. The maximum atomic E-state index is 12.8. The Morgan fingerprint density at radius 1 is 0.410 bits per heavy atom. The molecule has 0 radical (unpaired) electrons. The van der Waals surface area contributed by atoms with Gasteiger partial charge < -0.3 is 33.0 Å². The molecule has 554 valence electrons. The summed E-state index contributed by atoms with van der Waals surface area (Å²) in [6.07, 6.45) is 0. The molecule has 2 aliphatic rings. The average Bonchev–Trinajstić information content (AvgIpc) is 1.54. The number of benzene rings is 8. The van der Waals surface area contributed by atoms with Crippen LogP contribution in [0.25, 0.3) is 54.2 Å². The third-order valence-corrected chi connectivity index (χ3v) is 19.5. The maximum absolute atomic E-state index is 12.8. The Morgan fingerprint density at radius 3 is 0.933 bits per heavy atom. The number of hydrogen-bond donors (Lipinski definition) is 2. The fourth-order valence-corrected chi connectivity index (χ4v) is 10.9. The van der Waals surface area contributed by atoms with Crippen LogP contribution in [0.4, 0.5) is 50.9 Å². The van der Waals surface area contributed by atoms with Gasteiger partial charge in [0.05, 0.1) is 70.4 Å². The van der Waals surface area contributed by atoms with E-state index in [4.69, 9.17) is 47.5 Å². The molecular formula is C71H67B2BrF9N5O14S3. The first-order chi connectivity index (χ1) is 47.1. The highest BCUT2D eigenvalue weighted by atomic mass is 79.9. The predicted octanol–water partition coefficient (Wildman–Crippen LogP) is 17.7. The highest BCUT2D eigenvalue weighted by Gasteiger charge is 2.58. The Kier molecular flexibility index (Phi) is 29.7. The van der Waals surface area contributed by atoms with Gasteiger partial charge in [-0.3, -0.25) is 0 Å². The molecule has 2 saturated heterocycles. The van der Waals surface area contributed by atoms with Crippen LogP contribution in [-0.2, 0) is 52.6 Å². The summed E-state index contributed by atoms with van der Waals surface area (Å²) in [4.78, 5) is 6.65. The van der Waals surface area contributed by atoms with Gasteiger partial charge in [0.2, 0.25) is 0 Å². The standard InChI is InChI=1S/C21H11F3N2O3S.C20H12N2O.C18H28B2O5.C7H4BrN.C2F6O5S2.3CH4/c1-26-19-8-6-16(7-9-19)18-10-17(15-4-2-14(13-25)3-5-15)11-20(12-18)29-30(27,28)21(22,23)24;1-22-19-8-6-16(7-9-19)18-10-17(11-20(23)12-18)15-4-2-14(13-21)3-5-15;1-15(2)16(3,4)23-19(22-15)12-9-13(11-14(21)10-12)20-24-17(5,6)18(7,8)25-20;8-7-3-1-6(5-9)2-4-7;3-1(4,5)14(9,10)13-15(11,12)2(6,7)8;;;/h2-12H;2-12,23H;9-11,21H,1-8H3;1-4H;;3*1H4. The molecule has 0 aliphatic carbocycles. The predicted molar refractivity (Wildman–Crippen MR) is 383 cm³/mol. The molecule has 2 N–H and O–H groups in total. The van der Waals surface area contributed by atoms with Crippen LogP contribution in [0, 0.1) is 47.1 Å². The van der Waals surface area contributed by atoms with Crippen molar-refractivity contribution < 1.29 is 101 Å². The molecule has 2 heterocycles. The number of nitriles is 3. The van der Waals surface area contributed by atoms with Crippen molar-refractivity contribution in [3.63, 3.8) is 0 Å². The molecule has 19 nitrogen and oxygen atoms in total. The van der Waals surface area contributed by atoms with Crippen molar-refractivity contribution in [2.45, 2.75) is 117 Å². The molecule has 34 heteroatoms. The molecule has 0 spiro atoms. The number of halogens is 10. The molecule has 8 aromatic rings. The first-order valence-electron chi connectivity index (χ1n) is 29.1. The van der Waals surface area contributed by atoms with Gasteiger partial charge in [0.15, 0.2) is 11.4 Å². The van der Waals surface area contributed by atoms with Crippen molar-refractivity contribution in [1.29, 1.82) is 15.8 Å². The van der Waals surface area contributed by atoms with E-state index < -0.39 is 89.3 Å². The fourth-order valence-electron chi connectivity index (χ4n) is 8.64. The summed E-state index contributed by atoms with van der Waals surface area (Å²) >= 11 is 3.27. The quantitative estimate of drug-likeness (QED) is 0.0423. The normalized spacial score (nSPS) is 14.6.